The zero-order valence-electron chi connectivity index (χ0n) is 15.6. The number of anilines is 1. The van der Waals surface area contributed by atoms with Gasteiger partial charge in [-0.25, -0.2) is 4.79 Å². The van der Waals surface area contributed by atoms with Gasteiger partial charge >= 0.3 is 6.09 Å². The third kappa shape index (κ3) is 5.71. The molecule has 144 valence electrons. The standard InChI is InChI=1S/C19H24N4O4/c1-3-27-19(26)22-10-8-17(9-11-22)23(14(2)24)13-18(25)21-16-6-4-15(12-20)5-7-16/h4-7,17H,3,8-11,13H2,1-2H3,(H,21,25). The molecule has 3 amide bonds. The van der Waals surface area contributed by atoms with Crippen LogP contribution in [0.4, 0.5) is 10.5 Å². The summed E-state index contributed by atoms with van der Waals surface area (Å²) >= 11 is 0. The lowest BCUT2D eigenvalue weighted by Gasteiger charge is -2.37. The quantitative estimate of drug-likeness (QED) is 0.851. The molecule has 1 saturated heterocycles. The fraction of sp³-hybridized carbons (Fsp3) is 0.474. The number of hydrogen-bond donors (Lipinski definition) is 1. The van der Waals surface area contributed by atoms with Gasteiger partial charge < -0.3 is 19.9 Å². The maximum Gasteiger partial charge on any atom is 0.409 e. The molecule has 1 aromatic carbocycles. The molecule has 0 aromatic heterocycles. The number of amides is 3. The number of rotatable bonds is 5. The van der Waals surface area contributed by atoms with Crippen molar-refractivity contribution in [3.63, 3.8) is 0 Å². The van der Waals surface area contributed by atoms with E-state index < -0.39 is 0 Å². The Morgan fingerprint density at radius 1 is 1.26 bits per heavy atom. The molecule has 0 aliphatic carbocycles. The summed E-state index contributed by atoms with van der Waals surface area (Å²) in [5.41, 5.74) is 1.08. The second-order valence-corrected chi connectivity index (χ2v) is 6.30. The lowest BCUT2D eigenvalue weighted by Crippen LogP contribution is -2.50. The molecule has 8 heteroatoms. The van der Waals surface area contributed by atoms with E-state index in [9.17, 15) is 14.4 Å². The van der Waals surface area contributed by atoms with Crippen molar-refractivity contribution in [2.24, 2.45) is 0 Å². The number of benzene rings is 1. The van der Waals surface area contributed by atoms with Crippen LogP contribution < -0.4 is 5.32 Å². The Morgan fingerprint density at radius 2 is 1.89 bits per heavy atom. The fourth-order valence-corrected chi connectivity index (χ4v) is 3.06. The van der Waals surface area contributed by atoms with Crippen LogP contribution in [0.25, 0.3) is 0 Å². The minimum atomic E-state index is -0.344. The average Bonchev–Trinajstić information content (AvgIpc) is 2.67. The van der Waals surface area contributed by atoms with Crippen molar-refractivity contribution in [2.45, 2.75) is 32.7 Å². The Bertz CT molecular complexity index is 718. The lowest BCUT2D eigenvalue weighted by molar-refractivity contribution is -0.136. The fourth-order valence-electron chi connectivity index (χ4n) is 3.06. The third-order valence-corrected chi connectivity index (χ3v) is 4.45. The first-order valence-electron chi connectivity index (χ1n) is 8.93. The molecule has 0 spiro atoms. The SMILES string of the molecule is CCOC(=O)N1CCC(N(CC(=O)Nc2ccc(C#N)cc2)C(C)=O)CC1. The normalized spacial score (nSPS) is 14.2. The molecule has 8 nitrogen and oxygen atoms in total. The van der Waals surface area contributed by atoms with Crippen LogP contribution in [0.1, 0.15) is 32.3 Å². The molecule has 1 N–H and O–H groups in total. The van der Waals surface area contributed by atoms with Crippen LogP contribution in [0.2, 0.25) is 0 Å². The van der Waals surface area contributed by atoms with Gasteiger partial charge in [0.15, 0.2) is 0 Å². The highest BCUT2D eigenvalue weighted by molar-refractivity contribution is 5.94. The van der Waals surface area contributed by atoms with Crippen LogP contribution in [0, 0.1) is 11.3 Å². The van der Waals surface area contributed by atoms with Crippen LogP contribution in [0.15, 0.2) is 24.3 Å². The number of piperidine rings is 1. The largest absolute Gasteiger partial charge is 0.450 e. The summed E-state index contributed by atoms with van der Waals surface area (Å²) in [7, 11) is 0. The van der Waals surface area contributed by atoms with Gasteiger partial charge in [-0.05, 0) is 44.0 Å². The second-order valence-electron chi connectivity index (χ2n) is 6.30. The summed E-state index contributed by atoms with van der Waals surface area (Å²) in [5.74, 6) is -0.484. The third-order valence-electron chi connectivity index (χ3n) is 4.45. The van der Waals surface area contributed by atoms with Gasteiger partial charge in [0, 0.05) is 31.7 Å². The topological polar surface area (TPSA) is 103 Å². The number of likely N-dealkylation sites (tertiary alicyclic amines) is 1. The number of carbonyl (C=O) groups excluding carboxylic acids is 3. The number of nitrogens with one attached hydrogen (secondary N) is 1. The minimum Gasteiger partial charge on any atom is -0.450 e. The Balaban J connectivity index is 1.91. The second kappa shape index (κ2) is 9.57. The molecule has 0 atom stereocenters. The van der Waals surface area contributed by atoms with Crippen molar-refractivity contribution in [1.29, 1.82) is 5.26 Å². The van der Waals surface area contributed by atoms with E-state index in [1.54, 1.807) is 41.0 Å². The molecule has 1 aliphatic rings. The lowest BCUT2D eigenvalue weighted by atomic mass is 10.0. The van der Waals surface area contributed by atoms with E-state index in [1.165, 1.54) is 6.92 Å². The molecule has 1 heterocycles. The summed E-state index contributed by atoms with van der Waals surface area (Å²) in [6.45, 7) is 4.45. The molecule has 1 aliphatic heterocycles. The van der Waals surface area contributed by atoms with Gasteiger partial charge in [0.2, 0.25) is 11.8 Å². The van der Waals surface area contributed by atoms with Crippen LogP contribution in [0.5, 0.6) is 0 Å². The molecular weight excluding hydrogens is 348 g/mol. The van der Waals surface area contributed by atoms with E-state index in [-0.39, 0.29) is 30.5 Å². The van der Waals surface area contributed by atoms with Crippen molar-refractivity contribution in [3.05, 3.63) is 29.8 Å². The molecule has 0 bridgehead atoms. The van der Waals surface area contributed by atoms with Crippen molar-refractivity contribution < 1.29 is 19.1 Å². The first kappa shape index (κ1) is 20.2. The number of carbonyl (C=O) groups is 3. The van der Waals surface area contributed by atoms with Crippen LogP contribution in [0.3, 0.4) is 0 Å². The summed E-state index contributed by atoms with van der Waals surface area (Å²) in [5, 5.41) is 11.5. The van der Waals surface area contributed by atoms with E-state index in [0.717, 1.165) is 0 Å². The van der Waals surface area contributed by atoms with Crippen molar-refractivity contribution >= 4 is 23.6 Å². The molecule has 0 unspecified atom stereocenters. The van der Waals surface area contributed by atoms with Crippen LogP contribution >= 0.6 is 0 Å². The van der Waals surface area contributed by atoms with Crippen molar-refractivity contribution in [3.8, 4) is 6.07 Å². The molecular formula is C19H24N4O4. The van der Waals surface area contributed by atoms with Crippen LogP contribution in [-0.2, 0) is 14.3 Å². The minimum absolute atomic E-state index is 0.0561. The summed E-state index contributed by atoms with van der Waals surface area (Å²) in [6.07, 6.45) is 0.856. The maximum absolute atomic E-state index is 12.3. The molecule has 0 saturated carbocycles. The molecule has 1 aromatic rings. The van der Waals surface area contributed by atoms with Gasteiger partial charge in [0.05, 0.1) is 18.2 Å². The van der Waals surface area contributed by atoms with E-state index in [2.05, 4.69) is 5.32 Å². The van der Waals surface area contributed by atoms with Gasteiger partial charge in [-0.15, -0.1) is 0 Å². The van der Waals surface area contributed by atoms with Gasteiger partial charge in [-0.1, -0.05) is 0 Å². The Morgan fingerprint density at radius 3 is 2.41 bits per heavy atom. The number of nitriles is 1. The number of nitrogens with zero attached hydrogens (tertiary/aromatic N) is 3. The molecule has 1 fully saturated rings. The van der Waals surface area contributed by atoms with E-state index in [1.807, 2.05) is 6.07 Å². The Labute approximate surface area is 158 Å². The highest BCUT2D eigenvalue weighted by atomic mass is 16.6. The Hall–Kier alpha value is -3.08. The molecule has 2 rings (SSSR count). The van der Waals surface area contributed by atoms with Gasteiger partial charge in [-0.2, -0.15) is 5.26 Å². The highest BCUT2D eigenvalue weighted by Crippen LogP contribution is 2.18. The van der Waals surface area contributed by atoms with Crippen molar-refractivity contribution in [1.82, 2.24) is 9.80 Å². The highest BCUT2D eigenvalue weighted by Gasteiger charge is 2.29. The van der Waals surface area contributed by atoms with E-state index in [4.69, 9.17) is 10.00 Å². The smallest absolute Gasteiger partial charge is 0.409 e. The summed E-state index contributed by atoms with van der Waals surface area (Å²) in [4.78, 5) is 39.3. The van der Waals surface area contributed by atoms with Gasteiger partial charge in [-0.3, -0.25) is 9.59 Å². The Kier molecular flexibility index (Phi) is 7.17. The van der Waals surface area contributed by atoms with E-state index in [0.29, 0.717) is 43.8 Å². The van der Waals surface area contributed by atoms with Gasteiger partial charge in [0.25, 0.3) is 0 Å². The number of hydrogen-bond acceptors (Lipinski definition) is 5. The van der Waals surface area contributed by atoms with Crippen LogP contribution in [-0.4, -0.2) is 60.0 Å². The molecule has 27 heavy (non-hydrogen) atoms. The first-order chi connectivity index (χ1) is 12.9. The van der Waals surface area contributed by atoms with Crippen molar-refractivity contribution in [2.75, 3.05) is 31.6 Å². The zero-order chi connectivity index (χ0) is 19.8. The first-order valence-corrected chi connectivity index (χ1v) is 8.93. The number of ether oxygens (including phenoxy) is 1. The van der Waals surface area contributed by atoms with Gasteiger partial charge in [0.1, 0.15) is 6.54 Å². The summed E-state index contributed by atoms with van der Waals surface area (Å²) < 4.78 is 4.99. The maximum atomic E-state index is 12.3. The average molecular weight is 372 g/mol. The monoisotopic (exact) mass is 372 g/mol. The predicted molar refractivity (Wildman–Crippen MR) is 98.8 cm³/mol. The summed E-state index contributed by atoms with van der Waals surface area (Å²) in [6, 6.07) is 8.44. The zero-order valence-corrected chi connectivity index (χ0v) is 15.6. The van der Waals surface area contributed by atoms with E-state index >= 15 is 0 Å². The molecule has 0 radical (unpaired) electrons. The predicted octanol–water partition coefficient (Wildman–Crippen LogP) is 1.97.